The molecule has 0 heterocycles. The summed E-state index contributed by atoms with van der Waals surface area (Å²) in [5, 5.41) is 0. The highest BCUT2D eigenvalue weighted by Crippen LogP contribution is 2.14. The lowest BCUT2D eigenvalue weighted by atomic mass is 10.0. The first-order valence-electron chi connectivity index (χ1n) is 5.94. The number of ether oxygens (including phenoxy) is 2. The largest absolute Gasteiger partial charge is 0.469 e. The van der Waals surface area contributed by atoms with Gasteiger partial charge in [0.05, 0.1) is 19.3 Å². The van der Waals surface area contributed by atoms with Gasteiger partial charge >= 0.3 is 11.9 Å². The first-order chi connectivity index (χ1) is 9.12. The Morgan fingerprint density at radius 2 is 2.05 bits per heavy atom. The summed E-state index contributed by atoms with van der Waals surface area (Å²) in [6.07, 6.45) is 1.25. The van der Waals surface area contributed by atoms with Crippen molar-refractivity contribution in [3.8, 4) is 0 Å². The maximum Gasteiger partial charge on any atom is 0.338 e. The van der Waals surface area contributed by atoms with Crippen LogP contribution in [-0.2, 0) is 20.7 Å². The van der Waals surface area contributed by atoms with Gasteiger partial charge in [0.2, 0.25) is 0 Å². The maximum atomic E-state index is 11.5. The standard InChI is InChI=1S/C14H16O5/c1-3-19-14(17)11-5-4-10(12(8-11)9-15)6-7-13(16)18-2/h4-5,8-9H,3,6-7H2,1-2H3. The molecule has 0 aliphatic carbocycles. The molecule has 0 aromatic heterocycles. The number of benzene rings is 1. The Balaban J connectivity index is 2.87. The monoisotopic (exact) mass is 264 g/mol. The Morgan fingerprint density at radius 1 is 1.32 bits per heavy atom. The molecule has 0 amide bonds. The van der Waals surface area contributed by atoms with Gasteiger partial charge in [0.15, 0.2) is 0 Å². The van der Waals surface area contributed by atoms with E-state index in [1.54, 1.807) is 19.1 Å². The van der Waals surface area contributed by atoms with E-state index in [1.807, 2.05) is 0 Å². The van der Waals surface area contributed by atoms with Gasteiger partial charge in [0.25, 0.3) is 0 Å². The molecule has 5 nitrogen and oxygen atoms in total. The molecular formula is C14H16O5. The first kappa shape index (κ1) is 14.9. The lowest BCUT2D eigenvalue weighted by Gasteiger charge is -2.07. The molecule has 0 saturated heterocycles. The van der Waals surface area contributed by atoms with E-state index in [1.165, 1.54) is 13.2 Å². The number of aryl methyl sites for hydroxylation is 1. The minimum Gasteiger partial charge on any atom is -0.469 e. The second-order valence-electron chi connectivity index (χ2n) is 3.83. The van der Waals surface area contributed by atoms with Crippen LogP contribution >= 0.6 is 0 Å². The van der Waals surface area contributed by atoms with Gasteiger partial charge in [-0.15, -0.1) is 0 Å². The summed E-state index contributed by atoms with van der Waals surface area (Å²) in [4.78, 5) is 33.6. The van der Waals surface area contributed by atoms with E-state index in [9.17, 15) is 14.4 Å². The predicted molar refractivity (Wildman–Crippen MR) is 68.1 cm³/mol. The van der Waals surface area contributed by atoms with Crippen LogP contribution in [0.5, 0.6) is 0 Å². The molecule has 1 rings (SSSR count). The van der Waals surface area contributed by atoms with Crippen molar-refractivity contribution in [1.29, 1.82) is 0 Å². The quantitative estimate of drug-likeness (QED) is 0.578. The van der Waals surface area contributed by atoms with Crippen LogP contribution in [0.3, 0.4) is 0 Å². The van der Waals surface area contributed by atoms with Gasteiger partial charge in [-0.1, -0.05) is 6.07 Å². The third-order valence-corrected chi connectivity index (χ3v) is 2.61. The summed E-state index contributed by atoms with van der Waals surface area (Å²) in [7, 11) is 1.31. The Kier molecular flexibility index (Phi) is 5.73. The third-order valence-electron chi connectivity index (χ3n) is 2.61. The zero-order valence-corrected chi connectivity index (χ0v) is 11.0. The van der Waals surface area contributed by atoms with Crippen molar-refractivity contribution in [2.75, 3.05) is 13.7 Å². The van der Waals surface area contributed by atoms with Gasteiger partial charge in [-0.2, -0.15) is 0 Å². The fraction of sp³-hybridized carbons (Fsp3) is 0.357. The highest BCUT2D eigenvalue weighted by molar-refractivity contribution is 5.92. The topological polar surface area (TPSA) is 69.7 Å². The van der Waals surface area contributed by atoms with Gasteiger partial charge in [0.1, 0.15) is 6.29 Å². The fourth-order valence-electron chi connectivity index (χ4n) is 1.61. The van der Waals surface area contributed by atoms with Gasteiger partial charge in [-0.05, 0) is 31.0 Å². The number of rotatable bonds is 6. The second-order valence-corrected chi connectivity index (χ2v) is 3.83. The van der Waals surface area contributed by atoms with Crippen LogP contribution in [-0.4, -0.2) is 31.9 Å². The maximum absolute atomic E-state index is 11.5. The zero-order valence-electron chi connectivity index (χ0n) is 11.0. The summed E-state index contributed by atoms with van der Waals surface area (Å²) in [6, 6.07) is 4.70. The second kappa shape index (κ2) is 7.31. The first-order valence-corrected chi connectivity index (χ1v) is 5.94. The Bertz CT molecular complexity index is 479. The summed E-state index contributed by atoms with van der Waals surface area (Å²) < 4.78 is 9.39. The molecular weight excluding hydrogens is 248 g/mol. The molecule has 0 spiro atoms. The Labute approximate surface area is 111 Å². The minimum absolute atomic E-state index is 0.191. The fourth-order valence-corrected chi connectivity index (χ4v) is 1.61. The highest BCUT2D eigenvalue weighted by atomic mass is 16.5. The summed E-state index contributed by atoms with van der Waals surface area (Å²) in [6.45, 7) is 1.99. The van der Waals surface area contributed by atoms with Crippen LogP contribution in [0.4, 0.5) is 0 Å². The molecule has 1 aromatic carbocycles. The molecule has 19 heavy (non-hydrogen) atoms. The number of carbonyl (C=O) groups is 3. The number of aldehydes is 1. The average Bonchev–Trinajstić information content (AvgIpc) is 2.44. The van der Waals surface area contributed by atoms with Crippen molar-refractivity contribution in [3.63, 3.8) is 0 Å². The van der Waals surface area contributed by atoms with E-state index in [0.717, 1.165) is 0 Å². The van der Waals surface area contributed by atoms with Crippen molar-refractivity contribution in [2.45, 2.75) is 19.8 Å². The van der Waals surface area contributed by atoms with E-state index in [0.29, 0.717) is 29.4 Å². The molecule has 0 saturated carbocycles. The molecule has 0 aliphatic rings. The minimum atomic E-state index is -0.467. The number of methoxy groups -OCH3 is 1. The lowest BCUT2D eigenvalue weighted by Crippen LogP contribution is -2.07. The number of hydrogen-bond donors (Lipinski definition) is 0. The van der Waals surface area contributed by atoms with Crippen LogP contribution in [0, 0.1) is 0 Å². The smallest absolute Gasteiger partial charge is 0.338 e. The molecule has 0 aliphatic heterocycles. The van der Waals surface area contributed by atoms with Crippen LogP contribution in [0.2, 0.25) is 0 Å². The van der Waals surface area contributed by atoms with Crippen LogP contribution < -0.4 is 0 Å². The highest BCUT2D eigenvalue weighted by Gasteiger charge is 2.11. The molecule has 102 valence electrons. The molecule has 0 unspecified atom stereocenters. The lowest BCUT2D eigenvalue weighted by molar-refractivity contribution is -0.140. The van der Waals surface area contributed by atoms with Crippen LogP contribution in [0.25, 0.3) is 0 Å². The van der Waals surface area contributed by atoms with Crippen molar-refractivity contribution in [3.05, 3.63) is 34.9 Å². The summed E-state index contributed by atoms with van der Waals surface area (Å²) >= 11 is 0. The van der Waals surface area contributed by atoms with Gasteiger partial charge in [-0.25, -0.2) is 4.79 Å². The normalized spacial score (nSPS) is 9.79. The SMILES string of the molecule is CCOC(=O)c1ccc(CCC(=O)OC)c(C=O)c1. The molecule has 0 bridgehead atoms. The van der Waals surface area contributed by atoms with Crippen molar-refractivity contribution in [1.82, 2.24) is 0 Å². The predicted octanol–water partition coefficient (Wildman–Crippen LogP) is 1.78. The average molecular weight is 264 g/mol. The van der Waals surface area contributed by atoms with Crippen molar-refractivity contribution >= 4 is 18.2 Å². The number of carbonyl (C=O) groups excluding carboxylic acids is 3. The molecule has 0 radical (unpaired) electrons. The molecule has 5 heteroatoms. The van der Waals surface area contributed by atoms with E-state index in [2.05, 4.69) is 4.74 Å². The van der Waals surface area contributed by atoms with Gasteiger partial charge < -0.3 is 9.47 Å². The Hall–Kier alpha value is -2.17. The van der Waals surface area contributed by atoms with Crippen molar-refractivity contribution in [2.24, 2.45) is 0 Å². The molecule has 0 N–H and O–H groups in total. The third kappa shape index (κ3) is 4.21. The van der Waals surface area contributed by atoms with E-state index < -0.39 is 5.97 Å². The summed E-state index contributed by atoms with van der Waals surface area (Å²) in [5.74, 6) is -0.809. The van der Waals surface area contributed by atoms with Crippen molar-refractivity contribution < 1.29 is 23.9 Å². The van der Waals surface area contributed by atoms with Crippen LogP contribution in [0.1, 0.15) is 39.6 Å². The van der Waals surface area contributed by atoms with Crippen LogP contribution in [0.15, 0.2) is 18.2 Å². The van der Waals surface area contributed by atoms with Gasteiger partial charge in [-0.3, -0.25) is 9.59 Å². The summed E-state index contributed by atoms with van der Waals surface area (Å²) in [5.41, 5.74) is 1.41. The zero-order chi connectivity index (χ0) is 14.3. The number of hydrogen-bond acceptors (Lipinski definition) is 5. The molecule has 0 atom stereocenters. The van der Waals surface area contributed by atoms with Gasteiger partial charge in [0, 0.05) is 12.0 Å². The van der Waals surface area contributed by atoms with E-state index in [4.69, 9.17) is 4.74 Å². The molecule has 1 aromatic rings. The number of esters is 2. The van der Waals surface area contributed by atoms with E-state index >= 15 is 0 Å². The Morgan fingerprint density at radius 3 is 2.63 bits per heavy atom. The molecule has 0 fully saturated rings. The van der Waals surface area contributed by atoms with E-state index in [-0.39, 0.29) is 19.0 Å².